The maximum atomic E-state index is 15.5. The number of hydrogen-bond acceptors (Lipinski definition) is 7. The number of nitrogens with zero attached hydrogens (tertiary/aromatic N) is 5. The van der Waals surface area contributed by atoms with Gasteiger partial charge >= 0.3 is 0 Å². The molecule has 38 heavy (non-hydrogen) atoms. The molecule has 192 valence electrons. The third-order valence-corrected chi connectivity index (χ3v) is 7.64. The summed E-state index contributed by atoms with van der Waals surface area (Å²) < 4.78 is 38.3. The molecule has 1 aromatic carbocycles. The van der Waals surface area contributed by atoms with E-state index in [0.717, 1.165) is 19.3 Å². The van der Waals surface area contributed by atoms with Crippen molar-refractivity contribution in [2.45, 2.75) is 38.3 Å². The highest BCUT2D eigenvalue weighted by Crippen LogP contribution is 2.32. The van der Waals surface area contributed by atoms with Gasteiger partial charge in [0.2, 0.25) is 0 Å². The molecule has 0 amide bonds. The predicted molar refractivity (Wildman–Crippen MR) is 139 cm³/mol. The van der Waals surface area contributed by atoms with Gasteiger partial charge in [-0.1, -0.05) is 12.1 Å². The Morgan fingerprint density at radius 3 is 2.82 bits per heavy atom. The molecule has 4 aromatic heterocycles. The summed E-state index contributed by atoms with van der Waals surface area (Å²) in [6.45, 7) is 0.685. The topological polar surface area (TPSA) is 82.8 Å². The van der Waals surface area contributed by atoms with Gasteiger partial charge in [-0.05, 0) is 54.5 Å². The minimum atomic E-state index is -0.738. The monoisotopic (exact) mass is 531 g/mol. The van der Waals surface area contributed by atoms with Gasteiger partial charge in [-0.25, -0.2) is 23.7 Å². The number of carbonyl (C=O) groups is 1. The van der Waals surface area contributed by atoms with Crippen LogP contribution >= 0.6 is 11.3 Å². The number of thiophene rings is 1. The van der Waals surface area contributed by atoms with Gasteiger partial charge in [-0.3, -0.25) is 14.3 Å². The second-order valence-electron chi connectivity index (χ2n) is 9.12. The van der Waals surface area contributed by atoms with Crippen molar-refractivity contribution >= 4 is 28.3 Å². The van der Waals surface area contributed by atoms with Gasteiger partial charge in [-0.2, -0.15) is 0 Å². The van der Waals surface area contributed by atoms with E-state index < -0.39 is 11.6 Å². The van der Waals surface area contributed by atoms with E-state index in [1.165, 1.54) is 29.8 Å². The van der Waals surface area contributed by atoms with Gasteiger partial charge in [-0.15, -0.1) is 11.3 Å². The SMILES string of the molecule is O=C(Cc1ccc(F)c(Cc2ncccc2-c2ncnc3c2ncn3C2CCCCO2)c1F)c1cccs1. The van der Waals surface area contributed by atoms with E-state index >= 15 is 4.39 Å². The molecule has 1 aliphatic heterocycles. The minimum Gasteiger partial charge on any atom is -0.358 e. The van der Waals surface area contributed by atoms with Crippen LogP contribution in [-0.4, -0.2) is 36.9 Å². The molecule has 7 nitrogen and oxygen atoms in total. The second kappa shape index (κ2) is 10.5. The smallest absolute Gasteiger partial charge is 0.177 e. The molecule has 1 saturated heterocycles. The number of pyridine rings is 1. The van der Waals surface area contributed by atoms with Gasteiger partial charge in [0.25, 0.3) is 0 Å². The molecule has 0 radical (unpaired) electrons. The number of aromatic nitrogens is 5. The number of fused-ring (bicyclic) bond motifs is 1. The molecule has 0 N–H and O–H groups in total. The summed E-state index contributed by atoms with van der Waals surface area (Å²) in [7, 11) is 0. The van der Waals surface area contributed by atoms with Gasteiger partial charge in [0.15, 0.2) is 11.4 Å². The van der Waals surface area contributed by atoms with Crippen molar-refractivity contribution in [1.82, 2.24) is 24.5 Å². The van der Waals surface area contributed by atoms with Crippen LogP contribution in [0.1, 0.15) is 52.0 Å². The Bertz CT molecular complexity index is 1610. The quantitative estimate of drug-likeness (QED) is 0.242. The van der Waals surface area contributed by atoms with Crippen LogP contribution in [0.5, 0.6) is 0 Å². The Labute approximate surface area is 221 Å². The standard InChI is InChI=1S/C28H23F2N5O2S/c29-20-9-8-17(13-22(36)23-6-4-12-38-23)25(30)19(20)14-21-18(5-3-10-31-21)26-27-28(33-15-32-26)35(16-34-27)24-7-1-2-11-37-24/h3-6,8-10,12,15-16,24H,1-2,7,11,13-14H2. The normalized spacial score (nSPS) is 15.7. The first-order chi connectivity index (χ1) is 18.6. The average molecular weight is 532 g/mol. The van der Waals surface area contributed by atoms with Gasteiger partial charge in [0, 0.05) is 36.8 Å². The van der Waals surface area contributed by atoms with Crippen LogP contribution in [0.25, 0.3) is 22.4 Å². The van der Waals surface area contributed by atoms with Crippen LogP contribution in [0, 0.1) is 11.6 Å². The number of Topliss-reactive ketones (excluding diaryl/α,β-unsaturated/α-hetero) is 1. The van der Waals surface area contributed by atoms with E-state index in [4.69, 9.17) is 4.74 Å². The molecular weight excluding hydrogens is 508 g/mol. The Kier molecular flexibility index (Phi) is 6.73. The largest absolute Gasteiger partial charge is 0.358 e. The van der Waals surface area contributed by atoms with Crippen molar-refractivity contribution in [3.63, 3.8) is 0 Å². The first kappa shape index (κ1) is 24.4. The zero-order chi connectivity index (χ0) is 26.1. The molecule has 0 spiro atoms. The van der Waals surface area contributed by atoms with E-state index in [1.807, 2.05) is 4.57 Å². The maximum Gasteiger partial charge on any atom is 0.177 e. The van der Waals surface area contributed by atoms with E-state index in [9.17, 15) is 9.18 Å². The summed E-state index contributed by atoms with van der Waals surface area (Å²) in [4.78, 5) is 31.0. The molecule has 6 rings (SSSR count). The molecular formula is C28H23F2N5O2S. The van der Waals surface area contributed by atoms with Gasteiger partial charge in [0.1, 0.15) is 35.4 Å². The Balaban J connectivity index is 1.36. The third-order valence-electron chi connectivity index (χ3n) is 6.73. The predicted octanol–water partition coefficient (Wildman–Crippen LogP) is 5.94. The fraction of sp³-hybridized carbons (Fsp3) is 0.250. The first-order valence-electron chi connectivity index (χ1n) is 12.4. The van der Waals surface area contributed by atoms with E-state index in [0.29, 0.717) is 39.6 Å². The van der Waals surface area contributed by atoms with Crippen LogP contribution in [0.3, 0.4) is 0 Å². The first-order valence-corrected chi connectivity index (χ1v) is 13.2. The fourth-order valence-corrected chi connectivity index (χ4v) is 5.47. The van der Waals surface area contributed by atoms with Crippen molar-refractivity contribution in [3.8, 4) is 11.3 Å². The summed E-state index contributed by atoms with van der Waals surface area (Å²) in [5, 5.41) is 1.79. The number of halogens is 2. The van der Waals surface area contributed by atoms with Crippen LogP contribution < -0.4 is 0 Å². The second-order valence-corrected chi connectivity index (χ2v) is 10.1. The van der Waals surface area contributed by atoms with Crippen molar-refractivity contribution in [2.75, 3.05) is 6.61 Å². The lowest BCUT2D eigenvalue weighted by molar-refractivity contribution is -0.0298. The minimum absolute atomic E-state index is 0.118. The van der Waals surface area contributed by atoms with Crippen LogP contribution in [0.4, 0.5) is 8.78 Å². The summed E-state index contributed by atoms with van der Waals surface area (Å²) in [6, 6.07) is 9.54. The summed E-state index contributed by atoms with van der Waals surface area (Å²) in [5.41, 5.74) is 2.76. The highest BCUT2D eigenvalue weighted by atomic mass is 32.1. The lowest BCUT2D eigenvalue weighted by Crippen LogP contribution is -2.17. The number of imidazole rings is 1. The Hall–Kier alpha value is -3.89. The van der Waals surface area contributed by atoms with E-state index in [-0.39, 0.29) is 36.0 Å². The molecule has 10 heteroatoms. The number of hydrogen-bond donors (Lipinski definition) is 0. The molecule has 0 saturated carbocycles. The molecule has 1 fully saturated rings. The highest BCUT2D eigenvalue weighted by molar-refractivity contribution is 7.12. The van der Waals surface area contributed by atoms with Gasteiger partial charge in [0.05, 0.1) is 16.9 Å². The summed E-state index contributed by atoms with van der Waals surface area (Å²) >= 11 is 1.29. The van der Waals surface area contributed by atoms with E-state index in [1.54, 1.807) is 42.2 Å². The van der Waals surface area contributed by atoms with Gasteiger partial charge < -0.3 is 4.74 Å². The molecule has 0 aliphatic carbocycles. The summed E-state index contributed by atoms with van der Waals surface area (Å²) in [6.07, 6.45) is 7.26. The summed E-state index contributed by atoms with van der Waals surface area (Å²) in [5.74, 6) is -1.65. The maximum absolute atomic E-state index is 15.5. The number of ketones is 1. The van der Waals surface area contributed by atoms with Crippen molar-refractivity contribution in [2.24, 2.45) is 0 Å². The zero-order valence-electron chi connectivity index (χ0n) is 20.3. The zero-order valence-corrected chi connectivity index (χ0v) is 21.1. The number of ether oxygens (including phenoxy) is 1. The molecule has 1 aliphatic rings. The molecule has 5 aromatic rings. The average Bonchev–Trinajstić information content (AvgIpc) is 3.64. The van der Waals surface area contributed by atoms with Crippen LogP contribution in [0.2, 0.25) is 0 Å². The van der Waals surface area contributed by atoms with Crippen molar-refractivity contribution in [3.05, 3.63) is 94.0 Å². The molecule has 1 unspecified atom stereocenters. The number of rotatable bonds is 7. The highest BCUT2D eigenvalue weighted by Gasteiger charge is 2.23. The Morgan fingerprint density at radius 1 is 1.08 bits per heavy atom. The Morgan fingerprint density at radius 2 is 2.00 bits per heavy atom. The molecule has 0 bridgehead atoms. The fourth-order valence-electron chi connectivity index (χ4n) is 4.81. The number of benzene rings is 1. The lowest BCUT2D eigenvalue weighted by atomic mass is 9.98. The van der Waals surface area contributed by atoms with Crippen LogP contribution in [-0.2, 0) is 17.6 Å². The molecule has 1 atom stereocenters. The number of carbonyl (C=O) groups excluding carboxylic acids is 1. The lowest BCUT2D eigenvalue weighted by Gasteiger charge is -2.23. The van der Waals surface area contributed by atoms with Crippen molar-refractivity contribution in [1.29, 1.82) is 0 Å². The molecule has 5 heterocycles. The van der Waals surface area contributed by atoms with Crippen LogP contribution in [0.15, 0.2) is 60.6 Å². The van der Waals surface area contributed by atoms with E-state index in [2.05, 4.69) is 19.9 Å². The third kappa shape index (κ3) is 4.61. The van der Waals surface area contributed by atoms with Crippen molar-refractivity contribution < 1.29 is 18.3 Å².